The topological polar surface area (TPSA) is 65.5 Å². The summed E-state index contributed by atoms with van der Waals surface area (Å²) in [7, 11) is 0. The molecule has 0 radical (unpaired) electrons. The highest BCUT2D eigenvalue weighted by Gasteiger charge is 2.21. The number of aromatic nitrogens is 1. The highest BCUT2D eigenvalue weighted by Crippen LogP contribution is 2.23. The molecule has 0 unspecified atom stereocenters. The quantitative estimate of drug-likeness (QED) is 0.844. The Morgan fingerprint density at radius 2 is 2.17 bits per heavy atom. The van der Waals surface area contributed by atoms with Crippen LogP contribution >= 0.6 is 11.3 Å². The number of hydrogen-bond donors (Lipinski definition) is 2. The molecule has 2 aromatic rings. The van der Waals surface area contributed by atoms with Crippen molar-refractivity contribution in [3.05, 3.63) is 41.4 Å². The van der Waals surface area contributed by atoms with E-state index in [2.05, 4.69) is 15.2 Å². The highest BCUT2D eigenvalue weighted by molar-refractivity contribution is 7.13. The molecule has 1 aromatic carbocycles. The SMILES string of the molecule is O=C(NCCN1CCCC[C@H]1CO)c1csc(-c2ccccc2)n1. The van der Waals surface area contributed by atoms with Crippen LogP contribution in [0.25, 0.3) is 10.6 Å². The molecule has 1 aromatic heterocycles. The van der Waals surface area contributed by atoms with Crippen molar-refractivity contribution in [3.63, 3.8) is 0 Å². The van der Waals surface area contributed by atoms with Gasteiger partial charge in [0.15, 0.2) is 0 Å². The van der Waals surface area contributed by atoms with E-state index in [0.717, 1.165) is 36.5 Å². The zero-order valence-electron chi connectivity index (χ0n) is 13.6. The van der Waals surface area contributed by atoms with Crippen LogP contribution in [-0.4, -0.2) is 53.2 Å². The number of thiazole rings is 1. The Morgan fingerprint density at radius 1 is 1.33 bits per heavy atom. The first-order chi connectivity index (χ1) is 11.8. The average molecular weight is 345 g/mol. The molecule has 0 saturated carbocycles. The van der Waals surface area contributed by atoms with Crippen LogP contribution in [-0.2, 0) is 0 Å². The van der Waals surface area contributed by atoms with Gasteiger partial charge in [-0.1, -0.05) is 36.8 Å². The maximum Gasteiger partial charge on any atom is 0.270 e. The van der Waals surface area contributed by atoms with Gasteiger partial charge in [-0.15, -0.1) is 11.3 Å². The van der Waals surface area contributed by atoms with Crippen molar-refractivity contribution in [2.45, 2.75) is 25.3 Å². The second kappa shape index (κ2) is 8.37. The molecule has 3 rings (SSSR count). The molecule has 2 heterocycles. The summed E-state index contributed by atoms with van der Waals surface area (Å²) in [4.78, 5) is 18.9. The number of aliphatic hydroxyl groups excluding tert-OH is 1. The van der Waals surface area contributed by atoms with Crippen molar-refractivity contribution in [1.29, 1.82) is 0 Å². The summed E-state index contributed by atoms with van der Waals surface area (Å²) < 4.78 is 0. The number of rotatable bonds is 6. The first-order valence-electron chi connectivity index (χ1n) is 8.42. The van der Waals surface area contributed by atoms with Crippen molar-refractivity contribution < 1.29 is 9.90 Å². The number of hydrogen-bond acceptors (Lipinski definition) is 5. The first kappa shape index (κ1) is 17.1. The van der Waals surface area contributed by atoms with Crippen LogP contribution < -0.4 is 5.32 Å². The van der Waals surface area contributed by atoms with E-state index in [1.54, 1.807) is 5.38 Å². The number of carbonyl (C=O) groups excluding carboxylic acids is 1. The standard InChI is InChI=1S/C18H23N3O2S/c22-12-15-8-4-5-10-21(15)11-9-19-17(23)16-13-24-18(20-16)14-6-2-1-3-7-14/h1-3,6-7,13,15,22H,4-5,8-12H2,(H,19,23)/t15-/m0/s1. The van der Waals surface area contributed by atoms with Crippen LogP contribution in [0.1, 0.15) is 29.8 Å². The average Bonchev–Trinajstić information content (AvgIpc) is 3.13. The van der Waals surface area contributed by atoms with Crippen LogP contribution in [0, 0.1) is 0 Å². The molecule has 0 bridgehead atoms. The van der Waals surface area contributed by atoms with Crippen molar-refractivity contribution in [3.8, 4) is 10.6 Å². The molecule has 2 N–H and O–H groups in total. The van der Waals surface area contributed by atoms with Gasteiger partial charge in [0.2, 0.25) is 0 Å². The summed E-state index contributed by atoms with van der Waals surface area (Å²) in [5, 5.41) is 15.0. The van der Waals surface area contributed by atoms with Crippen molar-refractivity contribution >= 4 is 17.2 Å². The van der Waals surface area contributed by atoms with Crippen molar-refractivity contribution in [2.75, 3.05) is 26.2 Å². The third-order valence-corrected chi connectivity index (χ3v) is 5.29. The van der Waals surface area contributed by atoms with E-state index >= 15 is 0 Å². The number of likely N-dealkylation sites (tertiary alicyclic amines) is 1. The van der Waals surface area contributed by atoms with E-state index in [4.69, 9.17) is 0 Å². The Morgan fingerprint density at radius 3 is 2.96 bits per heavy atom. The Balaban J connectivity index is 1.51. The summed E-state index contributed by atoms with van der Waals surface area (Å²) in [5.74, 6) is -0.133. The lowest BCUT2D eigenvalue weighted by atomic mass is 10.0. The van der Waals surface area contributed by atoms with Gasteiger partial charge in [-0.2, -0.15) is 0 Å². The lowest BCUT2D eigenvalue weighted by Gasteiger charge is -2.34. The van der Waals surface area contributed by atoms with Gasteiger partial charge in [-0.25, -0.2) is 4.98 Å². The molecule has 1 saturated heterocycles. The third kappa shape index (κ3) is 4.20. The minimum atomic E-state index is -0.133. The number of nitrogens with zero attached hydrogens (tertiary/aromatic N) is 2. The maximum atomic E-state index is 12.2. The summed E-state index contributed by atoms with van der Waals surface area (Å²) in [6.07, 6.45) is 3.38. The van der Waals surface area contributed by atoms with Gasteiger partial charge < -0.3 is 10.4 Å². The molecule has 0 aliphatic carbocycles. The van der Waals surface area contributed by atoms with E-state index in [1.807, 2.05) is 30.3 Å². The first-order valence-corrected chi connectivity index (χ1v) is 9.30. The van der Waals surface area contributed by atoms with Gasteiger partial charge in [0.05, 0.1) is 6.61 Å². The summed E-state index contributed by atoms with van der Waals surface area (Å²) in [5.41, 5.74) is 1.50. The molecular formula is C18H23N3O2S. The van der Waals surface area contributed by atoms with Gasteiger partial charge in [0, 0.05) is 30.1 Å². The zero-order valence-corrected chi connectivity index (χ0v) is 14.5. The second-order valence-corrected chi connectivity index (χ2v) is 6.89. The summed E-state index contributed by atoms with van der Waals surface area (Å²) in [6.45, 7) is 2.54. The van der Waals surface area contributed by atoms with Crippen LogP contribution in [0.15, 0.2) is 35.7 Å². The minimum Gasteiger partial charge on any atom is -0.395 e. The Labute approximate surface area is 146 Å². The molecule has 6 heteroatoms. The van der Waals surface area contributed by atoms with Gasteiger partial charge in [-0.05, 0) is 19.4 Å². The van der Waals surface area contributed by atoms with Gasteiger partial charge in [0.1, 0.15) is 10.7 Å². The lowest BCUT2D eigenvalue weighted by Crippen LogP contribution is -2.45. The third-order valence-electron chi connectivity index (χ3n) is 4.40. The number of benzene rings is 1. The molecule has 1 atom stereocenters. The van der Waals surface area contributed by atoms with Gasteiger partial charge in [-0.3, -0.25) is 9.69 Å². The molecule has 0 spiro atoms. The van der Waals surface area contributed by atoms with Crippen LogP contribution in [0.3, 0.4) is 0 Å². The smallest absolute Gasteiger partial charge is 0.270 e. The molecule has 1 amide bonds. The molecular weight excluding hydrogens is 322 g/mol. The summed E-state index contributed by atoms with van der Waals surface area (Å²) in [6, 6.07) is 10.1. The van der Waals surface area contributed by atoms with Gasteiger partial charge in [0.25, 0.3) is 5.91 Å². The largest absolute Gasteiger partial charge is 0.395 e. The Kier molecular flexibility index (Phi) is 5.96. The molecule has 128 valence electrons. The fraction of sp³-hybridized carbons (Fsp3) is 0.444. The Bertz CT molecular complexity index is 659. The van der Waals surface area contributed by atoms with E-state index in [-0.39, 0.29) is 18.6 Å². The van der Waals surface area contributed by atoms with Crippen LogP contribution in [0.2, 0.25) is 0 Å². The lowest BCUT2D eigenvalue weighted by molar-refractivity contribution is 0.0847. The van der Waals surface area contributed by atoms with Crippen LogP contribution in [0.4, 0.5) is 0 Å². The van der Waals surface area contributed by atoms with Crippen molar-refractivity contribution in [1.82, 2.24) is 15.2 Å². The molecule has 1 aliphatic heterocycles. The molecule has 1 aliphatic rings. The summed E-state index contributed by atoms with van der Waals surface area (Å²) >= 11 is 1.48. The fourth-order valence-corrected chi connectivity index (χ4v) is 3.86. The number of piperidine rings is 1. The van der Waals surface area contributed by atoms with E-state index in [1.165, 1.54) is 17.8 Å². The highest BCUT2D eigenvalue weighted by atomic mass is 32.1. The van der Waals surface area contributed by atoms with E-state index in [0.29, 0.717) is 12.2 Å². The zero-order chi connectivity index (χ0) is 16.8. The number of aliphatic hydroxyl groups is 1. The monoisotopic (exact) mass is 345 g/mol. The molecule has 24 heavy (non-hydrogen) atoms. The minimum absolute atomic E-state index is 0.133. The second-order valence-electron chi connectivity index (χ2n) is 6.03. The number of nitrogens with one attached hydrogen (secondary N) is 1. The molecule has 5 nitrogen and oxygen atoms in total. The predicted octanol–water partition coefficient (Wildman–Crippen LogP) is 2.39. The normalized spacial score (nSPS) is 18.5. The van der Waals surface area contributed by atoms with Crippen molar-refractivity contribution in [2.24, 2.45) is 0 Å². The number of amides is 1. The van der Waals surface area contributed by atoms with Crippen LogP contribution in [0.5, 0.6) is 0 Å². The predicted molar refractivity (Wildman–Crippen MR) is 96.2 cm³/mol. The fourth-order valence-electron chi connectivity index (χ4n) is 3.06. The molecule has 1 fully saturated rings. The van der Waals surface area contributed by atoms with Gasteiger partial charge >= 0.3 is 0 Å². The van der Waals surface area contributed by atoms with E-state index in [9.17, 15) is 9.90 Å². The Hall–Kier alpha value is -1.76. The maximum absolute atomic E-state index is 12.2. The van der Waals surface area contributed by atoms with E-state index < -0.39 is 0 Å². The number of carbonyl (C=O) groups is 1.